The van der Waals surface area contributed by atoms with Crippen LogP contribution in [0.15, 0.2) is 36.4 Å². The van der Waals surface area contributed by atoms with Crippen molar-refractivity contribution in [2.24, 2.45) is 0 Å². The fourth-order valence-electron chi connectivity index (χ4n) is 2.08. The first-order valence-corrected chi connectivity index (χ1v) is 6.23. The number of halogens is 1. The second-order valence-electron chi connectivity index (χ2n) is 4.52. The van der Waals surface area contributed by atoms with E-state index >= 15 is 0 Å². The molecule has 0 fully saturated rings. The zero-order chi connectivity index (χ0) is 13.8. The van der Waals surface area contributed by atoms with Crippen LogP contribution in [0.3, 0.4) is 0 Å². The van der Waals surface area contributed by atoms with E-state index in [-0.39, 0.29) is 5.82 Å². The van der Waals surface area contributed by atoms with Crippen molar-refractivity contribution >= 4 is 0 Å². The van der Waals surface area contributed by atoms with Gasteiger partial charge in [0.1, 0.15) is 11.6 Å². The van der Waals surface area contributed by atoms with E-state index in [2.05, 4.69) is 5.32 Å². The van der Waals surface area contributed by atoms with Gasteiger partial charge in [0.2, 0.25) is 0 Å². The van der Waals surface area contributed by atoms with Gasteiger partial charge >= 0.3 is 0 Å². The summed E-state index contributed by atoms with van der Waals surface area (Å²) in [6.07, 6.45) is 0. The Morgan fingerprint density at radius 2 is 1.95 bits per heavy atom. The highest BCUT2D eigenvalue weighted by Gasteiger charge is 2.08. The van der Waals surface area contributed by atoms with Crippen LogP contribution in [0, 0.1) is 12.7 Å². The van der Waals surface area contributed by atoms with E-state index in [1.807, 2.05) is 31.3 Å². The van der Waals surface area contributed by atoms with Crippen LogP contribution in [0.4, 0.5) is 4.39 Å². The summed E-state index contributed by atoms with van der Waals surface area (Å²) in [5.41, 5.74) is 3.66. The summed E-state index contributed by atoms with van der Waals surface area (Å²) in [6, 6.07) is 11.2. The molecule has 100 valence electrons. The summed E-state index contributed by atoms with van der Waals surface area (Å²) in [5, 5.41) is 3.12. The molecular formula is C16H18FNO. The lowest BCUT2D eigenvalue weighted by Gasteiger charge is -2.12. The topological polar surface area (TPSA) is 21.3 Å². The van der Waals surface area contributed by atoms with E-state index in [1.54, 1.807) is 26.2 Å². The second-order valence-corrected chi connectivity index (χ2v) is 4.52. The normalized spacial score (nSPS) is 10.5. The maximum atomic E-state index is 13.7. The minimum Gasteiger partial charge on any atom is -0.497 e. The van der Waals surface area contributed by atoms with Gasteiger partial charge in [0.15, 0.2) is 0 Å². The van der Waals surface area contributed by atoms with Gasteiger partial charge in [-0.25, -0.2) is 4.39 Å². The minimum absolute atomic E-state index is 0.177. The molecular weight excluding hydrogens is 241 g/mol. The molecule has 0 aliphatic carbocycles. The number of ether oxygens (including phenoxy) is 1. The third-order valence-electron chi connectivity index (χ3n) is 3.16. The Kier molecular flexibility index (Phi) is 4.17. The summed E-state index contributed by atoms with van der Waals surface area (Å²) < 4.78 is 18.9. The lowest BCUT2D eigenvalue weighted by atomic mass is 9.98. The van der Waals surface area contributed by atoms with Crippen LogP contribution in [0.2, 0.25) is 0 Å². The number of nitrogens with one attached hydrogen (secondary N) is 1. The van der Waals surface area contributed by atoms with Crippen molar-refractivity contribution in [3.8, 4) is 16.9 Å². The van der Waals surface area contributed by atoms with Crippen LogP contribution in [-0.4, -0.2) is 14.2 Å². The molecule has 2 rings (SSSR count). The van der Waals surface area contributed by atoms with Gasteiger partial charge in [0.25, 0.3) is 0 Å². The second kappa shape index (κ2) is 5.85. The molecule has 3 heteroatoms. The molecule has 0 unspecified atom stereocenters. The van der Waals surface area contributed by atoms with Gasteiger partial charge in [-0.1, -0.05) is 18.2 Å². The smallest absolute Gasteiger partial charge is 0.126 e. The molecule has 0 radical (unpaired) electrons. The number of hydrogen-bond donors (Lipinski definition) is 1. The third kappa shape index (κ3) is 2.93. The van der Waals surface area contributed by atoms with Gasteiger partial charge in [0, 0.05) is 6.54 Å². The van der Waals surface area contributed by atoms with Crippen molar-refractivity contribution in [3.05, 3.63) is 53.3 Å². The van der Waals surface area contributed by atoms with Crippen LogP contribution in [-0.2, 0) is 6.54 Å². The SMILES string of the molecule is CNCc1cc(OC)ccc1-c1ccc(C)c(F)c1. The molecule has 2 nitrogen and oxygen atoms in total. The lowest BCUT2D eigenvalue weighted by molar-refractivity contribution is 0.414. The summed E-state index contributed by atoms with van der Waals surface area (Å²) in [7, 11) is 3.53. The summed E-state index contributed by atoms with van der Waals surface area (Å²) in [4.78, 5) is 0. The Balaban J connectivity index is 2.50. The molecule has 0 saturated heterocycles. The molecule has 0 amide bonds. The first-order valence-electron chi connectivity index (χ1n) is 6.23. The molecule has 2 aromatic carbocycles. The molecule has 0 aliphatic heterocycles. The molecule has 0 aromatic heterocycles. The molecule has 1 N–H and O–H groups in total. The highest BCUT2D eigenvalue weighted by Crippen LogP contribution is 2.28. The van der Waals surface area contributed by atoms with Crippen LogP contribution < -0.4 is 10.1 Å². The average molecular weight is 259 g/mol. The van der Waals surface area contributed by atoms with Crippen molar-refractivity contribution < 1.29 is 9.13 Å². The summed E-state index contributed by atoms with van der Waals surface area (Å²) >= 11 is 0. The molecule has 0 bridgehead atoms. The molecule has 0 spiro atoms. The summed E-state index contributed by atoms with van der Waals surface area (Å²) in [5.74, 6) is 0.630. The fraction of sp³-hybridized carbons (Fsp3) is 0.250. The predicted octanol–water partition coefficient (Wildman–Crippen LogP) is 3.53. The summed E-state index contributed by atoms with van der Waals surface area (Å²) in [6.45, 7) is 2.48. The number of benzene rings is 2. The maximum absolute atomic E-state index is 13.7. The molecule has 19 heavy (non-hydrogen) atoms. The fourth-order valence-corrected chi connectivity index (χ4v) is 2.08. The molecule has 2 aromatic rings. The zero-order valence-corrected chi connectivity index (χ0v) is 11.5. The van der Waals surface area contributed by atoms with Crippen molar-refractivity contribution in [3.63, 3.8) is 0 Å². The van der Waals surface area contributed by atoms with E-state index in [0.717, 1.165) is 22.4 Å². The Morgan fingerprint density at radius 3 is 2.58 bits per heavy atom. The first-order chi connectivity index (χ1) is 9.15. The van der Waals surface area contributed by atoms with Gasteiger partial charge in [-0.15, -0.1) is 0 Å². The van der Waals surface area contributed by atoms with E-state index in [0.29, 0.717) is 12.1 Å². The zero-order valence-electron chi connectivity index (χ0n) is 11.5. The quantitative estimate of drug-likeness (QED) is 0.907. The maximum Gasteiger partial charge on any atom is 0.126 e. The number of aryl methyl sites for hydroxylation is 1. The van der Waals surface area contributed by atoms with Gasteiger partial charge < -0.3 is 10.1 Å². The highest BCUT2D eigenvalue weighted by molar-refractivity contribution is 5.68. The average Bonchev–Trinajstić information content (AvgIpc) is 2.42. The van der Waals surface area contributed by atoms with Gasteiger partial charge in [0.05, 0.1) is 7.11 Å². The Labute approximate surface area is 113 Å². The number of hydrogen-bond acceptors (Lipinski definition) is 2. The standard InChI is InChI=1S/C16H18FNO/c1-11-4-5-12(9-16(11)17)15-7-6-14(19-3)8-13(15)10-18-2/h4-9,18H,10H2,1-3H3. The van der Waals surface area contributed by atoms with Crippen LogP contribution in [0.1, 0.15) is 11.1 Å². The molecule has 0 heterocycles. The number of methoxy groups -OCH3 is 1. The predicted molar refractivity (Wildman–Crippen MR) is 75.9 cm³/mol. The van der Waals surface area contributed by atoms with Crippen LogP contribution >= 0.6 is 0 Å². The van der Waals surface area contributed by atoms with Gasteiger partial charge in [-0.3, -0.25) is 0 Å². The van der Waals surface area contributed by atoms with Crippen molar-refractivity contribution in [2.75, 3.05) is 14.2 Å². The van der Waals surface area contributed by atoms with Crippen molar-refractivity contribution in [2.45, 2.75) is 13.5 Å². The van der Waals surface area contributed by atoms with Crippen LogP contribution in [0.25, 0.3) is 11.1 Å². The van der Waals surface area contributed by atoms with Gasteiger partial charge in [-0.2, -0.15) is 0 Å². The highest BCUT2D eigenvalue weighted by atomic mass is 19.1. The Bertz CT molecular complexity index is 581. The van der Waals surface area contributed by atoms with E-state index in [4.69, 9.17) is 4.74 Å². The van der Waals surface area contributed by atoms with Crippen molar-refractivity contribution in [1.29, 1.82) is 0 Å². The Morgan fingerprint density at radius 1 is 1.16 bits per heavy atom. The monoisotopic (exact) mass is 259 g/mol. The third-order valence-corrected chi connectivity index (χ3v) is 3.16. The lowest BCUT2D eigenvalue weighted by Crippen LogP contribution is -2.06. The molecule has 0 saturated carbocycles. The molecule has 0 atom stereocenters. The Hall–Kier alpha value is -1.87. The largest absolute Gasteiger partial charge is 0.497 e. The molecule has 0 aliphatic rings. The first kappa shape index (κ1) is 13.6. The van der Waals surface area contributed by atoms with E-state index in [1.165, 1.54) is 0 Å². The van der Waals surface area contributed by atoms with Gasteiger partial charge in [-0.05, 0) is 54.4 Å². The van der Waals surface area contributed by atoms with E-state index < -0.39 is 0 Å². The minimum atomic E-state index is -0.177. The van der Waals surface area contributed by atoms with E-state index in [9.17, 15) is 4.39 Å². The number of rotatable bonds is 4. The van der Waals surface area contributed by atoms with Crippen LogP contribution in [0.5, 0.6) is 5.75 Å². The van der Waals surface area contributed by atoms with Crippen molar-refractivity contribution in [1.82, 2.24) is 5.32 Å².